The van der Waals surface area contributed by atoms with Crippen LogP contribution in [0.4, 0.5) is 0 Å². The fraction of sp³-hybridized carbons (Fsp3) is 0.200. The molecule has 0 aromatic heterocycles. The number of fused-ring (bicyclic) bond motifs is 4. The summed E-state index contributed by atoms with van der Waals surface area (Å²) in [6, 6.07) is 9.50. The molecule has 2 unspecified atom stereocenters. The molecule has 0 bridgehead atoms. The van der Waals surface area contributed by atoms with E-state index in [9.17, 15) is 0 Å². The van der Waals surface area contributed by atoms with Crippen molar-refractivity contribution in [3.8, 4) is 0 Å². The fourth-order valence-electron chi connectivity index (χ4n) is 7.12. The van der Waals surface area contributed by atoms with Gasteiger partial charge in [-0.3, -0.25) is 0 Å². The SMILES string of the molecule is C1=CCC2=Cc3c4c(c5cc6c(c7cccc3c75)C=CCC6)=CC=CC43CC23C=C1. The molecule has 5 aliphatic carbocycles. The minimum atomic E-state index is 0.148. The zero-order valence-corrected chi connectivity index (χ0v) is 16.9. The topological polar surface area (TPSA) is 0 Å². The second-order valence-electron chi connectivity index (χ2n) is 9.67. The molecule has 0 heterocycles. The number of hydrogen-bond acceptors (Lipinski definition) is 0. The lowest BCUT2D eigenvalue weighted by Gasteiger charge is -2.33. The van der Waals surface area contributed by atoms with E-state index in [4.69, 9.17) is 0 Å². The van der Waals surface area contributed by atoms with Crippen molar-refractivity contribution in [3.63, 3.8) is 0 Å². The molecule has 30 heavy (non-hydrogen) atoms. The Morgan fingerprint density at radius 1 is 0.833 bits per heavy atom. The second kappa shape index (κ2) is 4.95. The van der Waals surface area contributed by atoms with Gasteiger partial charge < -0.3 is 0 Å². The molecule has 0 heteroatoms. The first-order valence-electron chi connectivity index (χ1n) is 11.3. The molecule has 2 atom stereocenters. The van der Waals surface area contributed by atoms with Crippen LogP contribution in [0.5, 0.6) is 0 Å². The average molecular weight is 383 g/mol. The highest BCUT2D eigenvalue weighted by Crippen LogP contribution is 2.74. The van der Waals surface area contributed by atoms with Crippen LogP contribution < -0.4 is 5.22 Å². The maximum Gasteiger partial charge on any atom is 0.0288 e. The number of aryl methyl sites for hydroxylation is 1. The highest BCUT2D eigenvalue weighted by molar-refractivity contribution is 6.17. The smallest absolute Gasteiger partial charge is 0.0288 e. The van der Waals surface area contributed by atoms with Crippen molar-refractivity contribution >= 4 is 39.8 Å². The second-order valence-corrected chi connectivity index (χ2v) is 9.67. The van der Waals surface area contributed by atoms with Gasteiger partial charge in [-0.25, -0.2) is 0 Å². The highest BCUT2D eigenvalue weighted by atomic mass is 14.7. The summed E-state index contributed by atoms with van der Waals surface area (Å²) < 4.78 is 0. The quantitative estimate of drug-likeness (QED) is 0.413. The van der Waals surface area contributed by atoms with Crippen LogP contribution in [0.25, 0.3) is 39.8 Å². The van der Waals surface area contributed by atoms with Gasteiger partial charge >= 0.3 is 0 Å². The lowest BCUT2D eigenvalue weighted by Crippen LogP contribution is -2.31. The number of hydrogen-bond donors (Lipinski definition) is 0. The molecule has 3 aromatic carbocycles. The van der Waals surface area contributed by atoms with Gasteiger partial charge in [-0.15, -0.1) is 0 Å². The number of benzene rings is 3. The Labute approximate surface area is 176 Å². The van der Waals surface area contributed by atoms with Crippen molar-refractivity contribution in [1.29, 1.82) is 0 Å². The van der Waals surface area contributed by atoms with Crippen molar-refractivity contribution in [2.45, 2.75) is 31.1 Å². The molecular weight excluding hydrogens is 360 g/mol. The van der Waals surface area contributed by atoms with Crippen molar-refractivity contribution in [1.82, 2.24) is 0 Å². The van der Waals surface area contributed by atoms with Gasteiger partial charge in [0.2, 0.25) is 0 Å². The lowest BCUT2D eigenvalue weighted by molar-refractivity contribution is 0.644. The van der Waals surface area contributed by atoms with Crippen LogP contribution in [0.15, 0.2) is 72.4 Å². The Morgan fingerprint density at radius 2 is 1.73 bits per heavy atom. The summed E-state index contributed by atoms with van der Waals surface area (Å²) in [6.07, 6.45) is 28.4. The molecule has 0 amide bonds. The van der Waals surface area contributed by atoms with E-state index in [1.54, 1.807) is 11.1 Å². The van der Waals surface area contributed by atoms with Crippen LogP contribution in [-0.2, 0) is 11.8 Å². The van der Waals surface area contributed by atoms with Crippen LogP contribution in [-0.4, -0.2) is 0 Å². The molecule has 0 radical (unpaired) electrons. The largest absolute Gasteiger partial charge is 0.0836 e. The van der Waals surface area contributed by atoms with Crippen LogP contribution in [0.2, 0.25) is 0 Å². The molecule has 0 saturated heterocycles. The van der Waals surface area contributed by atoms with Gasteiger partial charge in [0.25, 0.3) is 0 Å². The minimum Gasteiger partial charge on any atom is -0.0836 e. The van der Waals surface area contributed by atoms with Gasteiger partial charge in [-0.1, -0.05) is 84.5 Å². The Balaban J connectivity index is 1.62. The van der Waals surface area contributed by atoms with Gasteiger partial charge in [-0.05, 0) is 80.8 Å². The van der Waals surface area contributed by atoms with Gasteiger partial charge in [0, 0.05) is 10.8 Å². The molecule has 1 saturated carbocycles. The highest BCUT2D eigenvalue weighted by Gasteiger charge is 2.69. The maximum atomic E-state index is 2.56. The monoisotopic (exact) mass is 382 g/mol. The zero-order valence-electron chi connectivity index (χ0n) is 16.9. The predicted molar refractivity (Wildman–Crippen MR) is 127 cm³/mol. The van der Waals surface area contributed by atoms with Gasteiger partial charge in [0.05, 0.1) is 0 Å². The van der Waals surface area contributed by atoms with E-state index in [1.807, 2.05) is 0 Å². The number of allylic oxidation sites excluding steroid dienone is 8. The van der Waals surface area contributed by atoms with E-state index < -0.39 is 0 Å². The third-order valence-electron chi connectivity index (χ3n) is 8.45. The van der Waals surface area contributed by atoms with E-state index in [2.05, 4.69) is 85.0 Å². The van der Waals surface area contributed by atoms with E-state index >= 15 is 0 Å². The number of rotatable bonds is 0. The first-order valence-corrected chi connectivity index (χ1v) is 11.3. The van der Waals surface area contributed by atoms with E-state index in [1.165, 1.54) is 49.9 Å². The van der Waals surface area contributed by atoms with Crippen molar-refractivity contribution < 1.29 is 0 Å². The van der Waals surface area contributed by atoms with E-state index in [0.29, 0.717) is 0 Å². The molecule has 0 nitrogen and oxygen atoms in total. The molecule has 2 spiro atoms. The molecule has 142 valence electrons. The summed E-state index contributed by atoms with van der Waals surface area (Å²) in [5, 5.41) is 7.27. The molecule has 8 rings (SSSR count). The third-order valence-corrected chi connectivity index (χ3v) is 8.45. The zero-order chi connectivity index (χ0) is 19.5. The standard InChI is InChI=1S/C30H22/c1-2-9-20-17-26-23-12-6-11-22-21-10-4-3-8-19(21)16-25(27(22)23)24-13-7-15-30(28(24)26)18-29(20,30)14-5-1/h1-2,4-7,10-17H,3,8-9,18H2. The van der Waals surface area contributed by atoms with Crippen molar-refractivity contribution in [2.24, 2.45) is 5.41 Å². The van der Waals surface area contributed by atoms with Crippen molar-refractivity contribution in [3.05, 3.63) is 99.8 Å². The summed E-state index contributed by atoms with van der Waals surface area (Å²) in [4.78, 5) is 0. The summed E-state index contributed by atoms with van der Waals surface area (Å²) in [6.45, 7) is 0. The first kappa shape index (κ1) is 15.7. The van der Waals surface area contributed by atoms with Crippen LogP contribution in [0, 0.1) is 5.41 Å². The van der Waals surface area contributed by atoms with Gasteiger partial charge in [-0.2, -0.15) is 0 Å². The lowest BCUT2D eigenvalue weighted by atomic mass is 9.70. The van der Waals surface area contributed by atoms with Crippen LogP contribution >= 0.6 is 0 Å². The Hall–Kier alpha value is -3.12. The summed E-state index contributed by atoms with van der Waals surface area (Å²) in [5.74, 6) is 0. The summed E-state index contributed by atoms with van der Waals surface area (Å²) >= 11 is 0. The maximum absolute atomic E-state index is 2.56. The Morgan fingerprint density at radius 3 is 2.70 bits per heavy atom. The molecular formula is C30H22. The summed E-state index contributed by atoms with van der Waals surface area (Å²) in [7, 11) is 0. The minimum absolute atomic E-state index is 0.148. The first-order chi connectivity index (χ1) is 14.8. The van der Waals surface area contributed by atoms with Crippen molar-refractivity contribution in [2.75, 3.05) is 0 Å². The van der Waals surface area contributed by atoms with E-state index in [0.717, 1.165) is 19.3 Å². The third kappa shape index (κ3) is 1.58. The fourth-order valence-corrected chi connectivity index (χ4v) is 7.12. The predicted octanol–water partition coefficient (Wildman–Crippen LogP) is 6.56. The Kier molecular flexibility index (Phi) is 2.59. The van der Waals surface area contributed by atoms with E-state index in [-0.39, 0.29) is 10.8 Å². The Bertz CT molecular complexity index is 1530. The van der Waals surface area contributed by atoms with Crippen LogP contribution in [0.3, 0.4) is 0 Å². The average Bonchev–Trinajstić information content (AvgIpc) is 3.49. The molecule has 0 N–H and O–H groups in total. The molecule has 3 aromatic rings. The van der Waals surface area contributed by atoms with Gasteiger partial charge in [0.15, 0.2) is 0 Å². The molecule has 1 fully saturated rings. The normalized spacial score (nSPS) is 29.0. The summed E-state index contributed by atoms with van der Waals surface area (Å²) in [5.41, 5.74) is 7.96. The molecule has 5 aliphatic rings. The molecule has 0 aliphatic heterocycles. The van der Waals surface area contributed by atoms with Crippen LogP contribution in [0.1, 0.15) is 41.5 Å². The van der Waals surface area contributed by atoms with Gasteiger partial charge in [0.1, 0.15) is 0 Å².